The minimum atomic E-state index is 0.340. The fraction of sp³-hybridized carbons (Fsp3) is 1.00. The first kappa shape index (κ1) is 22.7. The maximum Gasteiger partial charge on any atom is 0.0439 e. The molecule has 0 aromatic carbocycles. The van der Waals surface area contributed by atoms with Gasteiger partial charge in [-0.25, -0.2) is 0 Å². The summed E-state index contributed by atoms with van der Waals surface area (Å²) in [5, 5.41) is 8.68. The van der Waals surface area contributed by atoms with E-state index >= 15 is 0 Å². The van der Waals surface area contributed by atoms with Crippen LogP contribution in [-0.4, -0.2) is 23.2 Å². The maximum atomic E-state index is 8.68. The lowest BCUT2D eigenvalue weighted by molar-refractivity contribution is 0.296. The Morgan fingerprint density at radius 1 is 0.500 bits per heavy atom. The molecule has 0 saturated carbocycles. The van der Waals surface area contributed by atoms with Crippen molar-refractivity contribution in [3.05, 3.63) is 0 Å². The highest BCUT2D eigenvalue weighted by atomic mass is 33.1. The van der Waals surface area contributed by atoms with Gasteiger partial charge in [-0.1, -0.05) is 112 Å². The van der Waals surface area contributed by atoms with Gasteiger partial charge in [-0.3, -0.25) is 0 Å². The standard InChI is InChI=1S/C19H40OS2/c1-2-3-4-5-6-7-8-9-10-11-12-13-14-15-18-21-22-19-16-17-20/h20H,2-19H2,1H3. The highest BCUT2D eigenvalue weighted by Gasteiger charge is 1.95. The van der Waals surface area contributed by atoms with Crippen LogP contribution < -0.4 is 0 Å². The largest absolute Gasteiger partial charge is 0.396 e. The summed E-state index contributed by atoms with van der Waals surface area (Å²) in [5.41, 5.74) is 0. The average molecular weight is 349 g/mol. The lowest BCUT2D eigenvalue weighted by Crippen LogP contribution is -1.85. The van der Waals surface area contributed by atoms with Gasteiger partial charge >= 0.3 is 0 Å². The molecular formula is C19H40OS2. The second-order valence-corrected chi connectivity index (χ2v) is 9.02. The Kier molecular flexibility index (Phi) is 22.3. The molecule has 0 heterocycles. The number of hydrogen-bond donors (Lipinski definition) is 1. The minimum absolute atomic E-state index is 0.340. The zero-order valence-corrected chi connectivity index (χ0v) is 16.6. The lowest BCUT2D eigenvalue weighted by atomic mass is 10.0. The summed E-state index contributed by atoms with van der Waals surface area (Å²) in [6.45, 7) is 2.63. The van der Waals surface area contributed by atoms with E-state index in [0.29, 0.717) is 6.61 Å². The van der Waals surface area contributed by atoms with Crippen LogP contribution in [-0.2, 0) is 0 Å². The summed E-state index contributed by atoms with van der Waals surface area (Å²) in [7, 11) is 3.90. The van der Waals surface area contributed by atoms with Crippen molar-refractivity contribution in [3.8, 4) is 0 Å². The van der Waals surface area contributed by atoms with Gasteiger partial charge in [-0.2, -0.15) is 0 Å². The molecule has 0 aliphatic heterocycles. The van der Waals surface area contributed by atoms with E-state index in [9.17, 15) is 0 Å². The molecule has 0 unspecified atom stereocenters. The zero-order valence-electron chi connectivity index (χ0n) is 15.0. The van der Waals surface area contributed by atoms with Crippen LogP contribution in [0, 0.1) is 0 Å². The van der Waals surface area contributed by atoms with E-state index in [2.05, 4.69) is 6.92 Å². The predicted octanol–water partition coefficient (Wildman–Crippen LogP) is 7.23. The van der Waals surface area contributed by atoms with Gasteiger partial charge in [0.2, 0.25) is 0 Å². The Labute approximate surface area is 148 Å². The Balaban J connectivity index is 2.91. The average Bonchev–Trinajstić information content (AvgIpc) is 2.54. The fourth-order valence-electron chi connectivity index (χ4n) is 2.60. The van der Waals surface area contributed by atoms with Crippen LogP contribution in [0.1, 0.15) is 103 Å². The number of rotatable bonds is 19. The second-order valence-electron chi connectivity index (χ2n) is 6.32. The molecule has 3 heteroatoms. The molecule has 0 saturated heterocycles. The predicted molar refractivity (Wildman–Crippen MR) is 107 cm³/mol. The third kappa shape index (κ3) is 20.7. The smallest absolute Gasteiger partial charge is 0.0439 e. The summed E-state index contributed by atoms with van der Waals surface area (Å²) >= 11 is 0. The number of unbranched alkanes of at least 4 members (excludes halogenated alkanes) is 13. The maximum absolute atomic E-state index is 8.68. The minimum Gasteiger partial charge on any atom is -0.396 e. The molecule has 0 aromatic heterocycles. The van der Waals surface area contributed by atoms with Gasteiger partial charge in [-0.05, 0) is 12.8 Å². The molecule has 1 nitrogen and oxygen atoms in total. The van der Waals surface area contributed by atoms with Crippen LogP contribution in [0.3, 0.4) is 0 Å². The molecule has 0 rings (SSSR count). The van der Waals surface area contributed by atoms with Crippen LogP contribution in [0.5, 0.6) is 0 Å². The summed E-state index contributed by atoms with van der Waals surface area (Å²) in [4.78, 5) is 0. The molecule has 0 atom stereocenters. The first-order valence-electron chi connectivity index (χ1n) is 9.77. The summed E-state index contributed by atoms with van der Waals surface area (Å²) < 4.78 is 0. The lowest BCUT2D eigenvalue weighted by Gasteiger charge is -2.03. The third-order valence-corrected chi connectivity index (χ3v) is 6.63. The Morgan fingerprint density at radius 2 is 0.864 bits per heavy atom. The number of aliphatic hydroxyl groups is 1. The Bertz CT molecular complexity index is 168. The molecule has 0 fully saturated rings. The first-order valence-corrected chi connectivity index (χ1v) is 12.3. The van der Waals surface area contributed by atoms with Crippen LogP contribution in [0.4, 0.5) is 0 Å². The third-order valence-electron chi connectivity index (χ3n) is 4.05. The number of aliphatic hydroxyl groups excluding tert-OH is 1. The Hall–Kier alpha value is 0.660. The molecule has 0 aliphatic carbocycles. The van der Waals surface area contributed by atoms with Crippen molar-refractivity contribution in [2.45, 2.75) is 103 Å². The molecule has 0 spiro atoms. The fourth-order valence-corrected chi connectivity index (χ4v) is 4.82. The van der Waals surface area contributed by atoms with E-state index in [-0.39, 0.29) is 0 Å². The highest BCUT2D eigenvalue weighted by Crippen LogP contribution is 2.23. The molecule has 22 heavy (non-hydrogen) atoms. The summed E-state index contributed by atoms with van der Waals surface area (Å²) in [6, 6.07) is 0. The van der Waals surface area contributed by atoms with Gasteiger partial charge in [0.05, 0.1) is 0 Å². The second kappa shape index (κ2) is 21.7. The molecule has 0 amide bonds. The SMILES string of the molecule is CCCCCCCCCCCCCCCCSSCCCO. The molecule has 1 N–H and O–H groups in total. The van der Waals surface area contributed by atoms with E-state index < -0.39 is 0 Å². The van der Waals surface area contributed by atoms with E-state index in [0.717, 1.165) is 12.2 Å². The molecular weight excluding hydrogens is 308 g/mol. The van der Waals surface area contributed by atoms with Crippen LogP contribution in [0.25, 0.3) is 0 Å². The zero-order chi connectivity index (χ0) is 16.1. The molecule has 0 aliphatic rings. The van der Waals surface area contributed by atoms with E-state index in [1.54, 1.807) is 0 Å². The molecule has 0 bridgehead atoms. The molecule has 134 valence electrons. The monoisotopic (exact) mass is 348 g/mol. The normalized spacial score (nSPS) is 11.2. The van der Waals surface area contributed by atoms with Crippen molar-refractivity contribution in [1.82, 2.24) is 0 Å². The van der Waals surface area contributed by atoms with Crippen molar-refractivity contribution >= 4 is 21.6 Å². The van der Waals surface area contributed by atoms with Gasteiger partial charge in [0.15, 0.2) is 0 Å². The Morgan fingerprint density at radius 3 is 1.27 bits per heavy atom. The van der Waals surface area contributed by atoms with Gasteiger partial charge in [0, 0.05) is 18.1 Å². The van der Waals surface area contributed by atoms with Gasteiger partial charge in [0.25, 0.3) is 0 Å². The first-order chi connectivity index (χ1) is 10.9. The summed E-state index contributed by atoms with van der Waals surface area (Å²) in [6.07, 6.45) is 21.1. The topological polar surface area (TPSA) is 20.2 Å². The van der Waals surface area contributed by atoms with Gasteiger partial charge in [0.1, 0.15) is 0 Å². The van der Waals surface area contributed by atoms with Gasteiger partial charge < -0.3 is 5.11 Å². The molecule has 0 aromatic rings. The van der Waals surface area contributed by atoms with Crippen molar-refractivity contribution in [1.29, 1.82) is 0 Å². The van der Waals surface area contributed by atoms with Crippen molar-refractivity contribution in [2.75, 3.05) is 18.1 Å². The van der Waals surface area contributed by atoms with Crippen LogP contribution in [0.15, 0.2) is 0 Å². The molecule has 0 radical (unpaired) electrons. The van der Waals surface area contributed by atoms with Crippen LogP contribution >= 0.6 is 21.6 Å². The van der Waals surface area contributed by atoms with Crippen molar-refractivity contribution in [3.63, 3.8) is 0 Å². The van der Waals surface area contributed by atoms with Crippen molar-refractivity contribution in [2.24, 2.45) is 0 Å². The van der Waals surface area contributed by atoms with E-state index in [1.165, 1.54) is 95.6 Å². The van der Waals surface area contributed by atoms with Crippen LogP contribution in [0.2, 0.25) is 0 Å². The quantitative estimate of drug-likeness (QED) is 0.196. The van der Waals surface area contributed by atoms with Gasteiger partial charge in [-0.15, -0.1) is 0 Å². The van der Waals surface area contributed by atoms with E-state index in [1.807, 2.05) is 21.6 Å². The highest BCUT2D eigenvalue weighted by molar-refractivity contribution is 8.76. The number of hydrogen-bond acceptors (Lipinski definition) is 3. The summed E-state index contributed by atoms with van der Waals surface area (Å²) in [5.74, 6) is 2.38. The van der Waals surface area contributed by atoms with E-state index in [4.69, 9.17) is 5.11 Å². The van der Waals surface area contributed by atoms with Crippen molar-refractivity contribution < 1.29 is 5.11 Å².